The third kappa shape index (κ3) is 5.82. The first kappa shape index (κ1) is 30.2. The number of hydrogen-bond acceptors (Lipinski definition) is 10. The molecule has 0 atom stereocenters. The van der Waals surface area contributed by atoms with Gasteiger partial charge in [-0.1, -0.05) is 42.5 Å². The summed E-state index contributed by atoms with van der Waals surface area (Å²) in [5.74, 6) is -1.11. The zero-order chi connectivity index (χ0) is 31.4. The number of carbonyl (C=O) groups is 2. The molecule has 2 N–H and O–H groups in total. The van der Waals surface area contributed by atoms with E-state index in [0.717, 1.165) is 16.3 Å². The average Bonchev–Trinajstić information content (AvgIpc) is 3.34. The number of aromatic nitrogens is 2. The summed E-state index contributed by atoms with van der Waals surface area (Å²) in [6, 6.07) is 17.5. The van der Waals surface area contributed by atoms with Crippen LogP contribution in [0.25, 0.3) is 17.8 Å². The quantitative estimate of drug-likeness (QED) is 0.160. The molecule has 1 amide bonds. The van der Waals surface area contributed by atoms with Gasteiger partial charge in [0.1, 0.15) is 13.2 Å². The molecule has 2 aromatic heterocycles. The highest BCUT2D eigenvalue weighted by atomic mass is 17.1. The summed E-state index contributed by atoms with van der Waals surface area (Å²) in [5, 5.41) is 23.4. The third-order valence-electron chi connectivity index (χ3n) is 7.02. The predicted molar refractivity (Wildman–Crippen MR) is 163 cm³/mol. The van der Waals surface area contributed by atoms with E-state index in [1.165, 1.54) is 23.8 Å². The normalized spacial score (nSPS) is 13.0. The first-order valence-corrected chi connectivity index (χ1v) is 13.5. The number of rotatable bonds is 10. The van der Waals surface area contributed by atoms with Crippen molar-refractivity contribution in [1.82, 2.24) is 9.55 Å². The first-order valence-electron chi connectivity index (χ1n) is 13.5. The molecule has 0 radical (unpaired) electrons. The van der Waals surface area contributed by atoms with E-state index in [4.69, 9.17) is 10.5 Å². The fourth-order valence-corrected chi connectivity index (χ4v) is 4.89. The summed E-state index contributed by atoms with van der Waals surface area (Å²) in [5.41, 5.74) is 2.45. The average molecular weight is 596 g/mol. The lowest BCUT2D eigenvalue weighted by atomic mass is 10.0. The molecule has 5 rings (SSSR count). The number of amides is 1. The molecule has 3 heterocycles. The Balaban J connectivity index is 1.75. The van der Waals surface area contributed by atoms with E-state index >= 15 is 0 Å². The van der Waals surface area contributed by atoms with Crippen molar-refractivity contribution < 1.29 is 29.9 Å². The number of pyridine rings is 2. The van der Waals surface area contributed by atoms with Gasteiger partial charge in [-0.25, -0.2) is 14.8 Å². The van der Waals surface area contributed by atoms with Gasteiger partial charge in [0.15, 0.2) is 17.1 Å². The molecule has 0 spiro atoms. The maximum Gasteiger partial charge on any atom is 0.284 e. The van der Waals surface area contributed by atoms with Crippen LogP contribution in [-0.2, 0) is 23.0 Å². The number of Topliss-reactive ketones (excluding diaryl/α,β-unsaturated/α-hetero) is 1. The molecule has 12 heteroatoms. The van der Waals surface area contributed by atoms with Gasteiger partial charge < -0.3 is 4.90 Å². The van der Waals surface area contributed by atoms with Crippen molar-refractivity contribution in [1.29, 1.82) is 0 Å². The number of nitrogens with zero attached hydrogens (tertiary/aromatic N) is 5. The highest BCUT2D eigenvalue weighted by molar-refractivity contribution is 6.14. The number of hydrogen-bond donors (Lipinski definition) is 2. The molecule has 224 valence electrons. The van der Waals surface area contributed by atoms with Gasteiger partial charge >= 0.3 is 0 Å². The van der Waals surface area contributed by atoms with Crippen LogP contribution in [0.1, 0.15) is 44.3 Å². The second-order valence-electron chi connectivity index (χ2n) is 10.1. The summed E-state index contributed by atoms with van der Waals surface area (Å²) in [7, 11) is 3.89. The van der Waals surface area contributed by atoms with Crippen LogP contribution in [0.4, 0.5) is 11.5 Å². The van der Waals surface area contributed by atoms with Crippen LogP contribution < -0.4 is 26.2 Å². The van der Waals surface area contributed by atoms with Crippen LogP contribution >= 0.6 is 0 Å². The van der Waals surface area contributed by atoms with E-state index in [1.807, 2.05) is 43.3 Å². The summed E-state index contributed by atoms with van der Waals surface area (Å²) in [4.78, 5) is 56.0. The lowest BCUT2D eigenvalue weighted by molar-refractivity contribution is -0.253. The minimum Gasteiger partial charge on any atom is -0.378 e. The fraction of sp³-hybridized carbons (Fsp3) is 0.156. The molecule has 0 bridgehead atoms. The largest absolute Gasteiger partial charge is 0.378 e. The second-order valence-corrected chi connectivity index (χ2v) is 10.1. The lowest BCUT2D eigenvalue weighted by Crippen LogP contribution is -2.47. The molecule has 0 saturated carbocycles. The van der Waals surface area contributed by atoms with E-state index in [9.17, 15) is 14.4 Å². The molecule has 1 aliphatic rings. The highest BCUT2D eigenvalue weighted by Gasteiger charge is 2.35. The van der Waals surface area contributed by atoms with Gasteiger partial charge in [0.2, 0.25) is 0 Å². The van der Waals surface area contributed by atoms with E-state index in [2.05, 4.69) is 19.9 Å². The molecular weight excluding hydrogens is 566 g/mol. The van der Waals surface area contributed by atoms with Crippen LogP contribution in [-0.4, -0.2) is 45.9 Å². The highest BCUT2D eigenvalue weighted by Crippen LogP contribution is 2.24. The van der Waals surface area contributed by atoms with Gasteiger partial charge in [-0.3, -0.25) is 29.5 Å². The minimum absolute atomic E-state index is 0.00511. The maximum absolute atomic E-state index is 14.2. The van der Waals surface area contributed by atoms with Crippen LogP contribution in [0.15, 0.2) is 82.8 Å². The van der Waals surface area contributed by atoms with Crippen molar-refractivity contribution in [3.63, 3.8) is 0 Å². The Hall–Kier alpha value is -5.27. The van der Waals surface area contributed by atoms with Crippen LogP contribution in [0, 0.1) is 0 Å². The Morgan fingerprint density at radius 2 is 1.68 bits per heavy atom. The molecule has 0 fully saturated rings. The van der Waals surface area contributed by atoms with Crippen molar-refractivity contribution in [3.05, 3.63) is 122 Å². The molecule has 2 aromatic carbocycles. The van der Waals surface area contributed by atoms with Gasteiger partial charge in [0.25, 0.3) is 11.5 Å². The first-order chi connectivity index (χ1) is 21.2. The van der Waals surface area contributed by atoms with Gasteiger partial charge in [-0.2, -0.15) is 5.01 Å². The summed E-state index contributed by atoms with van der Waals surface area (Å²) >= 11 is 0. The number of benzene rings is 2. The minimum atomic E-state index is -0.681. The standard InChI is InChI=1S/C32H29N5O7/c1-20(38)27-26(8-4-6-21-9-13-24(14-10-21)35(2)3)31(39)36(25-15-11-22(12-16-25)18-43-41)30-28(27)32(40)37(34-30)29-23(19-44-42)7-5-17-33-29/h4-17,41-42H,18-19H2,1-3H3/b6-4+,26-8-. The summed E-state index contributed by atoms with van der Waals surface area (Å²) < 4.78 is 1.25. The van der Waals surface area contributed by atoms with Crippen molar-refractivity contribution in [2.75, 3.05) is 24.0 Å². The second kappa shape index (κ2) is 12.9. The zero-order valence-electron chi connectivity index (χ0n) is 24.2. The van der Waals surface area contributed by atoms with Gasteiger partial charge in [0.05, 0.1) is 16.5 Å². The summed E-state index contributed by atoms with van der Waals surface area (Å²) in [6.07, 6.45) is 6.39. The Kier molecular flexibility index (Phi) is 8.88. The number of carbonyl (C=O) groups excluding carboxylic acids is 2. The van der Waals surface area contributed by atoms with Crippen LogP contribution in [0.2, 0.25) is 0 Å². The number of anilines is 2. The molecule has 44 heavy (non-hydrogen) atoms. The molecule has 0 aliphatic carbocycles. The van der Waals surface area contributed by atoms with Gasteiger partial charge in [-0.05, 0) is 54.5 Å². The number of ketones is 1. The van der Waals surface area contributed by atoms with Crippen molar-refractivity contribution in [2.24, 2.45) is 5.10 Å². The van der Waals surface area contributed by atoms with Crippen LogP contribution in [0.5, 0.6) is 0 Å². The van der Waals surface area contributed by atoms with E-state index in [1.54, 1.807) is 48.6 Å². The third-order valence-corrected chi connectivity index (χ3v) is 7.02. The van der Waals surface area contributed by atoms with E-state index in [0.29, 0.717) is 16.8 Å². The fourth-order valence-electron chi connectivity index (χ4n) is 4.89. The van der Waals surface area contributed by atoms with Crippen molar-refractivity contribution in [2.45, 2.75) is 20.1 Å². The molecule has 12 nitrogen and oxygen atoms in total. The SMILES string of the molecule is CC(=O)c1c2c(n(-c3ccc(COO)cc3)c(=O)/c1=C\C=C\c1ccc(N(C)C)cc1)=NN(c1ncccc1COO)C2=O. The number of allylic oxidation sites excluding steroid dienone is 1. The lowest BCUT2D eigenvalue weighted by Gasteiger charge is -2.14. The van der Waals surface area contributed by atoms with Gasteiger partial charge in [0, 0.05) is 37.1 Å². The molecular formula is C32H29N5O7. The molecule has 0 saturated heterocycles. The summed E-state index contributed by atoms with van der Waals surface area (Å²) in [6.45, 7) is 0.937. The van der Waals surface area contributed by atoms with Crippen molar-refractivity contribution in [3.8, 4) is 5.69 Å². The van der Waals surface area contributed by atoms with Crippen molar-refractivity contribution >= 4 is 35.3 Å². The smallest absolute Gasteiger partial charge is 0.284 e. The molecule has 0 unspecified atom stereocenters. The van der Waals surface area contributed by atoms with E-state index in [-0.39, 0.29) is 40.9 Å². The Bertz CT molecular complexity index is 1930. The topological polar surface area (TPSA) is 147 Å². The number of fused-ring (bicyclic) bond motifs is 1. The zero-order valence-corrected chi connectivity index (χ0v) is 24.2. The maximum atomic E-state index is 14.2. The van der Waals surface area contributed by atoms with E-state index < -0.39 is 17.2 Å². The van der Waals surface area contributed by atoms with Gasteiger partial charge in [-0.15, -0.1) is 5.10 Å². The van der Waals surface area contributed by atoms with Crippen LogP contribution in [0.3, 0.4) is 0 Å². The Labute approximate surface area is 251 Å². The Morgan fingerprint density at radius 3 is 2.32 bits per heavy atom. The monoisotopic (exact) mass is 595 g/mol. The molecule has 4 aromatic rings. The Morgan fingerprint density at radius 1 is 0.977 bits per heavy atom. The molecule has 1 aliphatic heterocycles. The predicted octanol–water partition coefficient (Wildman–Crippen LogP) is 3.17.